The van der Waals surface area contributed by atoms with Crippen molar-refractivity contribution in [1.29, 1.82) is 0 Å². The van der Waals surface area contributed by atoms with Crippen LogP contribution in [-0.4, -0.2) is 28.4 Å². The quantitative estimate of drug-likeness (QED) is 0.422. The van der Waals surface area contributed by atoms with E-state index in [9.17, 15) is 0 Å². The van der Waals surface area contributed by atoms with E-state index in [0.29, 0.717) is 0 Å². The van der Waals surface area contributed by atoms with Crippen molar-refractivity contribution in [3.05, 3.63) is 47.5 Å². The Morgan fingerprint density at radius 2 is 0.857 bits per heavy atom. The van der Waals surface area contributed by atoms with E-state index in [1.54, 1.807) is 28.4 Å². The Morgan fingerprint density at radius 1 is 0.464 bits per heavy atom. The first-order valence-corrected chi connectivity index (χ1v) is 9.16. The van der Waals surface area contributed by atoms with Gasteiger partial charge in [0.25, 0.3) is 0 Å². The van der Waals surface area contributed by atoms with E-state index >= 15 is 0 Å². The smallest absolute Gasteiger partial charge is 0.131 e. The Kier molecular flexibility index (Phi) is 4.42. The highest BCUT2D eigenvalue weighted by Gasteiger charge is 2.19. The van der Waals surface area contributed by atoms with Crippen molar-refractivity contribution in [2.24, 2.45) is 0 Å². The number of fused-ring (bicyclic) bond motifs is 6. The zero-order chi connectivity index (χ0) is 20.0. The van der Waals surface area contributed by atoms with Gasteiger partial charge in [-0.25, -0.2) is 0 Å². The molecule has 144 valence electrons. The summed E-state index contributed by atoms with van der Waals surface area (Å²) in [5, 5.41) is 6.47. The minimum Gasteiger partial charge on any atom is -0.497 e. The van der Waals surface area contributed by atoms with Gasteiger partial charge in [0.1, 0.15) is 23.0 Å². The van der Waals surface area contributed by atoms with Crippen LogP contribution in [0.25, 0.3) is 32.3 Å². The summed E-state index contributed by atoms with van der Waals surface area (Å²) in [7, 11) is 6.71. The van der Waals surface area contributed by atoms with Gasteiger partial charge < -0.3 is 18.9 Å². The monoisotopic (exact) mass is 376 g/mol. The number of benzene rings is 4. The summed E-state index contributed by atoms with van der Waals surface area (Å²) in [6.07, 6.45) is 0. The lowest BCUT2D eigenvalue weighted by Gasteiger charge is -2.18. The minimum atomic E-state index is 0.753. The summed E-state index contributed by atoms with van der Waals surface area (Å²) >= 11 is 0. The molecule has 4 aromatic carbocycles. The van der Waals surface area contributed by atoms with Gasteiger partial charge in [-0.15, -0.1) is 0 Å². The summed E-state index contributed by atoms with van der Waals surface area (Å²) in [6.45, 7) is 4.27. The van der Waals surface area contributed by atoms with Gasteiger partial charge in [0, 0.05) is 22.9 Å². The average molecular weight is 376 g/mol. The summed E-state index contributed by atoms with van der Waals surface area (Å²) < 4.78 is 22.6. The van der Waals surface area contributed by atoms with Crippen molar-refractivity contribution in [3.63, 3.8) is 0 Å². The molecule has 0 atom stereocenters. The molecule has 0 bridgehead atoms. The minimum absolute atomic E-state index is 0.753. The Labute approximate surface area is 164 Å². The van der Waals surface area contributed by atoms with Crippen LogP contribution in [-0.2, 0) is 0 Å². The standard InChI is InChI=1S/C24H24O4/c1-13-7-17-18(8-14(13)2)20-10-16(26-4)12-22(28-6)24(20)23-19(17)9-15(25-3)11-21(23)27-5/h7-12H,1-6H3. The van der Waals surface area contributed by atoms with Crippen molar-refractivity contribution in [2.45, 2.75) is 13.8 Å². The van der Waals surface area contributed by atoms with E-state index < -0.39 is 0 Å². The fraction of sp³-hybridized carbons (Fsp3) is 0.250. The molecule has 4 heteroatoms. The summed E-state index contributed by atoms with van der Waals surface area (Å²) in [4.78, 5) is 0. The largest absolute Gasteiger partial charge is 0.497 e. The third-order valence-corrected chi connectivity index (χ3v) is 5.53. The first-order valence-electron chi connectivity index (χ1n) is 9.16. The topological polar surface area (TPSA) is 36.9 Å². The van der Waals surface area contributed by atoms with Crippen molar-refractivity contribution in [3.8, 4) is 23.0 Å². The van der Waals surface area contributed by atoms with Gasteiger partial charge in [0.05, 0.1) is 28.4 Å². The highest BCUT2D eigenvalue weighted by Crippen LogP contribution is 2.47. The molecule has 0 unspecified atom stereocenters. The van der Waals surface area contributed by atoms with E-state index in [0.717, 1.165) is 55.3 Å². The van der Waals surface area contributed by atoms with Crippen LogP contribution in [0.4, 0.5) is 0 Å². The second-order valence-electron chi connectivity index (χ2n) is 6.99. The maximum absolute atomic E-state index is 5.77. The number of hydrogen-bond donors (Lipinski definition) is 0. The fourth-order valence-electron chi connectivity index (χ4n) is 3.94. The van der Waals surface area contributed by atoms with Crippen molar-refractivity contribution >= 4 is 32.3 Å². The molecule has 4 nitrogen and oxygen atoms in total. The summed E-state index contributed by atoms with van der Waals surface area (Å²) in [5.74, 6) is 3.03. The van der Waals surface area contributed by atoms with Gasteiger partial charge in [-0.1, -0.05) is 12.1 Å². The number of aryl methyl sites for hydroxylation is 2. The normalized spacial score (nSPS) is 11.2. The van der Waals surface area contributed by atoms with Gasteiger partial charge in [-0.3, -0.25) is 0 Å². The summed E-state index contributed by atoms with van der Waals surface area (Å²) in [5.41, 5.74) is 2.48. The molecule has 0 aliphatic heterocycles. The molecule has 0 aliphatic carbocycles. The molecule has 0 aromatic heterocycles. The molecule has 4 rings (SSSR count). The van der Waals surface area contributed by atoms with Crippen LogP contribution in [0.5, 0.6) is 23.0 Å². The zero-order valence-corrected chi connectivity index (χ0v) is 17.1. The third-order valence-electron chi connectivity index (χ3n) is 5.53. The predicted octanol–water partition coefficient (Wildman–Crippen LogP) is 5.80. The SMILES string of the molecule is COc1cc(OC)c2c(c1)c1cc(C)c(C)cc1c1cc(OC)cc(OC)c12. The molecule has 0 saturated heterocycles. The van der Waals surface area contributed by atoms with Crippen LogP contribution >= 0.6 is 0 Å². The Hall–Kier alpha value is -3.14. The van der Waals surface area contributed by atoms with Crippen molar-refractivity contribution in [2.75, 3.05) is 28.4 Å². The van der Waals surface area contributed by atoms with Crippen LogP contribution in [0.3, 0.4) is 0 Å². The molecule has 0 spiro atoms. The second kappa shape index (κ2) is 6.79. The molecule has 0 heterocycles. The van der Waals surface area contributed by atoms with Gasteiger partial charge in [-0.2, -0.15) is 0 Å². The molecule has 0 amide bonds. The highest BCUT2D eigenvalue weighted by molar-refractivity contribution is 6.29. The molecule has 28 heavy (non-hydrogen) atoms. The number of hydrogen-bond acceptors (Lipinski definition) is 4. The van der Waals surface area contributed by atoms with E-state index in [1.807, 2.05) is 12.1 Å². The highest BCUT2D eigenvalue weighted by atomic mass is 16.5. The van der Waals surface area contributed by atoms with E-state index in [1.165, 1.54) is 11.1 Å². The van der Waals surface area contributed by atoms with Crippen LogP contribution in [0, 0.1) is 13.8 Å². The summed E-state index contributed by atoms with van der Waals surface area (Å²) in [6, 6.07) is 12.4. The third kappa shape index (κ3) is 2.60. The molecular formula is C24H24O4. The van der Waals surface area contributed by atoms with Gasteiger partial charge in [0.2, 0.25) is 0 Å². The van der Waals surface area contributed by atoms with E-state index in [2.05, 4.69) is 38.1 Å². The first kappa shape index (κ1) is 18.2. The van der Waals surface area contributed by atoms with E-state index in [4.69, 9.17) is 18.9 Å². The molecule has 0 radical (unpaired) electrons. The lowest BCUT2D eigenvalue weighted by atomic mass is 9.90. The van der Waals surface area contributed by atoms with Crippen LogP contribution in [0.1, 0.15) is 11.1 Å². The Balaban J connectivity index is 2.39. The molecule has 0 aliphatic rings. The lowest BCUT2D eigenvalue weighted by Crippen LogP contribution is -1.95. The number of methoxy groups -OCH3 is 4. The van der Waals surface area contributed by atoms with Gasteiger partial charge in [-0.05, 0) is 58.7 Å². The lowest BCUT2D eigenvalue weighted by molar-refractivity contribution is 0.396. The zero-order valence-electron chi connectivity index (χ0n) is 17.1. The van der Waals surface area contributed by atoms with Crippen molar-refractivity contribution < 1.29 is 18.9 Å². The number of rotatable bonds is 4. The van der Waals surface area contributed by atoms with Crippen LogP contribution in [0.2, 0.25) is 0 Å². The van der Waals surface area contributed by atoms with Crippen LogP contribution < -0.4 is 18.9 Å². The van der Waals surface area contributed by atoms with E-state index in [-0.39, 0.29) is 0 Å². The fourth-order valence-corrected chi connectivity index (χ4v) is 3.94. The molecular weight excluding hydrogens is 352 g/mol. The number of ether oxygens (including phenoxy) is 4. The van der Waals surface area contributed by atoms with Crippen molar-refractivity contribution in [1.82, 2.24) is 0 Å². The molecule has 0 N–H and O–H groups in total. The first-order chi connectivity index (χ1) is 13.5. The molecule has 4 aromatic rings. The Bertz CT molecular complexity index is 1130. The maximum Gasteiger partial charge on any atom is 0.131 e. The second-order valence-corrected chi connectivity index (χ2v) is 6.99. The molecule has 0 fully saturated rings. The Morgan fingerprint density at radius 3 is 1.18 bits per heavy atom. The molecule has 0 saturated carbocycles. The van der Waals surface area contributed by atoms with Gasteiger partial charge >= 0.3 is 0 Å². The predicted molar refractivity (Wildman–Crippen MR) is 115 cm³/mol. The maximum atomic E-state index is 5.77. The average Bonchev–Trinajstić information content (AvgIpc) is 2.73. The van der Waals surface area contributed by atoms with Gasteiger partial charge in [0.15, 0.2) is 0 Å². The van der Waals surface area contributed by atoms with Crippen LogP contribution in [0.15, 0.2) is 36.4 Å².